The second kappa shape index (κ2) is 8.18. The third-order valence-electron chi connectivity index (χ3n) is 3.51. The topological polar surface area (TPSA) is 49.4 Å². The van der Waals surface area contributed by atoms with Crippen LogP contribution in [-0.4, -0.2) is 24.9 Å². The summed E-state index contributed by atoms with van der Waals surface area (Å²) in [5, 5.41) is 3.29. The van der Waals surface area contributed by atoms with E-state index in [1.165, 1.54) is 6.07 Å². The van der Waals surface area contributed by atoms with Crippen LogP contribution in [0.15, 0.2) is 42.5 Å². The number of aryl methyl sites for hydroxylation is 1. The van der Waals surface area contributed by atoms with Gasteiger partial charge >= 0.3 is 0 Å². The lowest BCUT2D eigenvalue weighted by atomic mass is 10.2. The predicted molar refractivity (Wildman–Crippen MR) is 98.0 cm³/mol. The molecule has 0 aliphatic carbocycles. The minimum Gasteiger partial charge on any atom is -0.343 e. The number of nitrogens with one attached hydrogen (secondary N) is 1. The molecule has 0 atom stereocenters. The second-order valence-electron chi connectivity index (χ2n) is 5.29. The molecule has 6 heteroatoms. The maximum Gasteiger partial charge on any atom is 0.251 e. The largest absolute Gasteiger partial charge is 0.343 e. The molecule has 2 amide bonds. The van der Waals surface area contributed by atoms with Gasteiger partial charge in [-0.1, -0.05) is 35.3 Å². The van der Waals surface area contributed by atoms with Crippen molar-refractivity contribution in [1.29, 1.82) is 0 Å². The highest BCUT2D eigenvalue weighted by atomic mass is 35.5. The lowest BCUT2D eigenvalue weighted by Crippen LogP contribution is -2.40. The molecule has 0 saturated heterocycles. The normalized spacial score (nSPS) is 10.3. The average molecular weight is 365 g/mol. The molecule has 2 aromatic rings. The first-order valence-corrected chi connectivity index (χ1v) is 8.28. The molecule has 0 spiro atoms. The molecule has 0 bridgehead atoms. The zero-order chi connectivity index (χ0) is 17.7. The molecule has 24 heavy (non-hydrogen) atoms. The maximum absolute atomic E-state index is 12.4. The number of likely N-dealkylation sites (N-methyl/N-ethyl adjacent to an activating group) is 1. The summed E-state index contributed by atoms with van der Waals surface area (Å²) in [6, 6.07) is 12.2. The zero-order valence-corrected chi connectivity index (χ0v) is 15.0. The summed E-state index contributed by atoms with van der Waals surface area (Å²) < 4.78 is 0. The van der Waals surface area contributed by atoms with Gasteiger partial charge in [0.05, 0.1) is 16.6 Å². The van der Waals surface area contributed by atoms with Crippen molar-refractivity contribution in [3.63, 3.8) is 0 Å². The van der Waals surface area contributed by atoms with Crippen molar-refractivity contribution in [3.05, 3.63) is 63.6 Å². The predicted octanol–water partition coefficient (Wildman–Crippen LogP) is 4.08. The van der Waals surface area contributed by atoms with Gasteiger partial charge in [0.25, 0.3) is 5.91 Å². The summed E-state index contributed by atoms with van der Waals surface area (Å²) in [4.78, 5) is 26.2. The van der Waals surface area contributed by atoms with Gasteiger partial charge in [0.15, 0.2) is 0 Å². The zero-order valence-electron chi connectivity index (χ0n) is 13.5. The van der Waals surface area contributed by atoms with Crippen LogP contribution in [0.1, 0.15) is 22.8 Å². The third kappa shape index (κ3) is 4.49. The molecule has 0 fully saturated rings. The van der Waals surface area contributed by atoms with Crippen LogP contribution in [0.5, 0.6) is 0 Å². The molecule has 0 aliphatic heterocycles. The second-order valence-corrected chi connectivity index (χ2v) is 6.10. The number of carbonyl (C=O) groups is 2. The van der Waals surface area contributed by atoms with Gasteiger partial charge in [-0.3, -0.25) is 9.59 Å². The van der Waals surface area contributed by atoms with Crippen LogP contribution in [0, 0.1) is 6.92 Å². The molecule has 0 aromatic heterocycles. The number of nitrogens with zero attached hydrogens (tertiary/aromatic N) is 1. The molecular weight excluding hydrogens is 347 g/mol. The fourth-order valence-electron chi connectivity index (χ4n) is 2.29. The number of hydrogen-bond acceptors (Lipinski definition) is 2. The molecule has 0 heterocycles. The van der Waals surface area contributed by atoms with Crippen molar-refractivity contribution in [2.24, 2.45) is 0 Å². The van der Waals surface area contributed by atoms with Crippen molar-refractivity contribution in [2.45, 2.75) is 13.8 Å². The van der Waals surface area contributed by atoms with Gasteiger partial charge in [-0.05, 0) is 49.7 Å². The van der Waals surface area contributed by atoms with E-state index in [1.54, 1.807) is 17.0 Å². The highest BCUT2D eigenvalue weighted by molar-refractivity contribution is 6.42. The smallest absolute Gasteiger partial charge is 0.251 e. The highest BCUT2D eigenvalue weighted by Gasteiger charge is 2.16. The van der Waals surface area contributed by atoms with Crippen molar-refractivity contribution in [3.8, 4) is 0 Å². The summed E-state index contributed by atoms with van der Waals surface area (Å²) in [5.74, 6) is -0.557. The molecule has 0 aliphatic rings. The minimum absolute atomic E-state index is 0.0964. The molecule has 4 nitrogen and oxygen atoms in total. The van der Waals surface area contributed by atoms with Crippen LogP contribution in [0.3, 0.4) is 0 Å². The Kier molecular flexibility index (Phi) is 6.23. The number of rotatable bonds is 5. The highest BCUT2D eigenvalue weighted by Crippen LogP contribution is 2.22. The number of carbonyl (C=O) groups excluding carboxylic acids is 2. The Bertz CT molecular complexity index is 762. The number of anilines is 1. The quantitative estimate of drug-likeness (QED) is 0.868. The van der Waals surface area contributed by atoms with Gasteiger partial charge in [0.1, 0.15) is 0 Å². The number of halogens is 2. The van der Waals surface area contributed by atoms with Crippen molar-refractivity contribution >= 4 is 40.7 Å². The molecule has 126 valence electrons. The monoisotopic (exact) mass is 364 g/mol. The fraction of sp³-hybridized carbons (Fsp3) is 0.222. The van der Waals surface area contributed by atoms with E-state index in [2.05, 4.69) is 5.32 Å². The van der Waals surface area contributed by atoms with E-state index < -0.39 is 0 Å². The van der Waals surface area contributed by atoms with E-state index in [0.29, 0.717) is 22.2 Å². The summed E-state index contributed by atoms with van der Waals surface area (Å²) in [6.45, 7) is 4.28. The SMILES string of the molecule is CCN(C(=O)CNC(=O)c1ccc(Cl)c(Cl)c1)c1cccc(C)c1. The first-order valence-electron chi connectivity index (χ1n) is 7.52. The van der Waals surface area contributed by atoms with Crippen LogP contribution in [-0.2, 0) is 4.79 Å². The van der Waals surface area contributed by atoms with E-state index in [4.69, 9.17) is 23.2 Å². The van der Waals surface area contributed by atoms with Gasteiger partial charge in [0.2, 0.25) is 5.91 Å². The van der Waals surface area contributed by atoms with E-state index >= 15 is 0 Å². The number of hydrogen-bond donors (Lipinski definition) is 1. The third-order valence-corrected chi connectivity index (χ3v) is 4.25. The van der Waals surface area contributed by atoms with Crippen LogP contribution in [0.4, 0.5) is 5.69 Å². The summed E-state index contributed by atoms with van der Waals surface area (Å²) in [7, 11) is 0. The fourth-order valence-corrected chi connectivity index (χ4v) is 2.59. The Labute approximate surface area is 151 Å². The summed E-state index contributed by atoms with van der Waals surface area (Å²) in [5.41, 5.74) is 2.24. The van der Waals surface area contributed by atoms with E-state index in [-0.39, 0.29) is 18.4 Å². The standard InChI is InChI=1S/C18H18Cl2N2O2/c1-3-22(14-6-4-5-12(2)9-14)17(23)11-21-18(24)13-7-8-15(19)16(20)10-13/h4-10H,3,11H2,1-2H3,(H,21,24). The van der Waals surface area contributed by atoms with Gasteiger partial charge in [-0.15, -0.1) is 0 Å². The van der Waals surface area contributed by atoms with Gasteiger partial charge in [-0.25, -0.2) is 0 Å². The molecule has 2 rings (SSSR count). The molecule has 0 saturated carbocycles. The Morgan fingerprint density at radius 3 is 2.46 bits per heavy atom. The molecule has 0 radical (unpaired) electrons. The van der Waals surface area contributed by atoms with Crippen molar-refractivity contribution < 1.29 is 9.59 Å². The van der Waals surface area contributed by atoms with Crippen LogP contribution in [0.25, 0.3) is 0 Å². The Hall–Kier alpha value is -2.04. The van der Waals surface area contributed by atoms with Crippen molar-refractivity contribution in [2.75, 3.05) is 18.0 Å². The van der Waals surface area contributed by atoms with E-state index in [9.17, 15) is 9.59 Å². The van der Waals surface area contributed by atoms with Gasteiger partial charge < -0.3 is 10.2 Å². The average Bonchev–Trinajstić information content (AvgIpc) is 2.56. The van der Waals surface area contributed by atoms with Gasteiger partial charge in [0, 0.05) is 17.8 Å². The maximum atomic E-state index is 12.4. The van der Waals surface area contributed by atoms with E-state index in [0.717, 1.165) is 11.3 Å². The van der Waals surface area contributed by atoms with Crippen LogP contribution < -0.4 is 10.2 Å². The Morgan fingerprint density at radius 1 is 1.08 bits per heavy atom. The molecule has 0 unspecified atom stereocenters. The number of amides is 2. The molecule has 1 N–H and O–H groups in total. The van der Waals surface area contributed by atoms with Crippen molar-refractivity contribution in [1.82, 2.24) is 5.32 Å². The Balaban J connectivity index is 2.03. The first-order chi connectivity index (χ1) is 11.4. The van der Waals surface area contributed by atoms with Crippen LogP contribution in [0.2, 0.25) is 10.0 Å². The lowest BCUT2D eigenvalue weighted by Gasteiger charge is -2.21. The molecule has 2 aromatic carbocycles. The molecular formula is C18H18Cl2N2O2. The minimum atomic E-state index is -0.373. The van der Waals surface area contributed by atoms with Gasteiger partial charge in [-0.2, -0.15) is 0 Å². The summed E-state index contributed by atoms with van der Waals surface area (Å²) in [6.07, 6.45) is 0. The number of benzene rings is 2. The Morgan fingerprint density at radius 2 is 1.83 bits per heavy atom. The summed E-state index contributed by atoms with van der Waals surface area (Å²) >= 11 is 11.7. The van der Waals surface area contributed by atoms with E-state index in [1.807, 2.05) is 38.1 Å². The lowest BCUT2D eigenvalue weighted by molar-refractivity contribution is -0.117. The van der Waals surface area contributed by atoms with Crippen LogP contribution >= 0.6 is 23.2 Å². The first kappa shape index (κ1) is 18.3.